The number of hydrogen-bond donors (Lipinski definition) is 0. The smallest absolute Gasteiger partial charge is 0.00787 e. The van der Waals surface area contributed by atoms with Crippen molar-refractivity contribution in [2.45, 2.75) is 31.2 Å². The van der Waals surface area contributed by atoms with Crippen LogP contribution in [0.1, 0.15) is 25.7 Å². The maximum Gasteiger partial charge on any atom is 0.00787 e. The maximum absolute atomic E-state index is 2.51. The van der Waals surface area contributed by atoms with Crippen LogP contribution >= 0.6 is 0 Å². The van der Waals surface area contributed by atoms with Crippen molar-refractivity contribution in [3.05, 3.63) is 24.3 Å². The maximum atomic E-state index is 2.51. The standard InChI is InChI=1S/C13H20Si/c14-13-11-7-3-1-5-9(11)10-6-2-4-8-12(10)13/h1,3,5,7,9-13H,2,4,6,8H2,14H3. The van der Waals surface area contributed by atoms with Crippen LogP contribution in [0.15, 0.2) is 24.3 Å². The van der Waals surface area contributed by atoms with Gasteiger partial charge in [0.25, 0.3) is 0 Å². The second-order valence-electron chi connectivity index (χ2n) is 5.40. The Balaban J connectivity index is 1.91. The highest BCUT2D eigenvalue weighted by Gasteiger charge is 2.46. The average molecular weight is 204 g/mol. The van der Waals surface area contributed by atoms with E-state index in [1.165, 1.54) is 35.9 Å². The Bertz CT molecular complexity index is 279. The molecule has 0 radical (unpaired) electrons. The summed E-state index contributed by atoms with van der Waals surface area (Å²) in [5.41, 5.74) is 1.08. The highest BCUT2D eigenvalue weighted by molar-refractivity contribution is 6.12. The SMILES string of the molecule is [SiH3]C1C2C=CC=CC2C2CCCCC12. The van der Waals surface area contributed by atoms with Gasteiger partial charge in [0.15, 0.2) is 0 Å². The van der Waals surface area contributed by atoms with E-state index in [0.717, 1.165) is 29.2 Å². The summed E-state index contributed by atoms with van der Waals surface area (Å²) >= 11 is 0. The Labute approximate surface area is 89.9 Å². The minimum Gasteiger partial charge on any atom is -0.0809 e. The van der Waals surface area contributed by atoms with E-state index in [2.05, 4.69) is 24.3 Å². The Morgan fingerprint density at radius 1 is 0.857 bits per heavy atom. The molecule has 0 aromatic carbocycles. The third-order valence-electron chi connectivity index (χ3n) is 4.87. The van der Waals surface area contributed by atoms with Crippen LogP contribution in [0.2, 0.25) is 5.54 Å². The summed E-state index contributed by atoms with van der Waals surface area (Å²) in [7, 11) is 1.41. The molecule has 0 aromatic rings. The topological polar surface area (TPSA) is 0 Å². The molecule has 0 spiro atoms. The summed E-state index contributed by atoms with van der Waals surface area (Å²) in [6, 6.07) is 0. The Morgan fingerprint density at radius 2 is 1.50 bits per heavy atom. The van der Waals surface area contributed by atoms with Gasteiger partial charge in [-0.05, 0) is 35.6 Å². The van der Waals surface area contributed by atoms with Gasteiger partial charge >= 0.3 is 0 Å². The molecular weight excluding hydrogens is 184 g/mol. The first kappa shape index (κ1) is 8.96. The van der Waals surface area contributed by atoms with E-state index in [1.807, 2.05) is 0 Å². The molecule has 3 aliphatic rings. The molecule has 0 bridgehead atoms. The van der Waals surface area contributed by atoms with Crippen molar-refractivity contribution >= 4 is 10.2 Å². The normalized spacial score (nSPS) is 50.4. The fourth-order valence-corrected chi connectivity index (χ4v) is 5.69. The molecule has 2 saturated carbocycles. The van der Waals surface area contributed by atoms with Crippen LogP contribution in [-0.2, 0) is 0 Å². The molecule has 3 rings (SSSR count). The first-order valence-electron chi connectivity index (χ1n) is 6.23. The van der Waals surface area contributed by atoms with Gasteiger partial charge in [-0.25, -0.2) is 0 Å². The molecule has 0 heterocycles. The van der Waals surface area contributed by atoms with Crippen molar-refractivity contribution in [3.8, 4) is 0 Å². The van der Waals surface area contributed by atoms with E-state index in [0.29, 0.717) is 0 Å². The van der Waals surface area contributed by atoms with Gasteiger partial charge in [0.1, 0.15) is 0 Å². The molecule has 76 valence electrons. The molecule has 0 aromatic heterocycles. The average Bonchev–Trinajstić information content (AvgIpc) is 2.55. The minimum absolute atomic E-state index is 0.924. The Morgan fingerprint density at radius 3 is 2.29 bits per heavy atom. The fraction of sp³-hybridized carbons (Fsp3) is 0.692. The Hall–Kier alpha value is -0.303. The fourth-order valence-electron chi connectivity index (χ4n) is 4.20. The van der Waals surface area contributed by atoms with Crippen molar-refractivity contribution in [1.82, 2.24) is 0 Å². The minimum atomic E-state index is 0.924. The second kappa shape index (κ2) is 3.37. The summed E-state index contributed by atoms with van der Waals surface area (Å²) in [4.78, 5) is 0. The van der Waals surface area contributed by atoms with Gasteiger partial charge in [0, 0.05) is 10.2 Å². The largest absolute Gasteiger partial charge is 0.0809 e. The number of rotatable bonds is 0. The highest BCUT2D eigenvalue weighted by Crippen LogP contribution is 2.55. The number of fused-ring (bicyclic) bond motifs is 3. The molecule has 14 heavy (non-hydrogen) atoms. The number of hydrogen-bond acceptors (Lipinski definition) is 0. The third kappa shape index (κ3) is 1.18. The van der Waals surface area contributed by atoms with Crippen LogP contribution in [0, 0.1) is 23.7 Å². The van der Waals surface area contributed by atoms with Gasteiger partial charge in [-0.2, -0.15) is 0 Å². The van der Waals surface area contributed by atoms with E-state index < -0.39 is 0 Å². The van der Waals surface area contributed by atoms with Crippen molar-refractivity contribution in [1.29, 1.82) is 0 Å². The summed E-state index contributed by atoms with van der Waals surface area (Å²) in [6.07, 6.45) is 15.6. The lowest BCUT2D eigenvalue weighted by atomic mass is 9.77. The van der Waals surface area contributed by atoms with Crippen LogP contribution in [0.3, 0.4) is 0 Å². The monoisotopic (exact) mass is 204 g/mol. The summed E-state index contributed by atoms with van der Waals surface area (Å²) < 4.78 is 0. The van der Waals surface area contributed by atoms with E-state index in [4.69, 9.17) is 0 Å². The summed E-state index contributed by atoms with van der Waals surface area (Å²) in [5, 5.41) is 0. The van der Waals surface area contributed by atoms with Gasteiger partial charge in [-0.15, -0.1) is 0 Å². The molecule has 5 atom stereocenters. The molecule has 3 aliphatic carbocycles. The third-order valence-corrected chi connectivity index (χ3v) is 6.50. The van der Waals surface area contributed by atoms with Crippen LogP contribution in [0.5, 0.6) is 0 Å². The van der Waals surface area contributed by atoms with E-state index in [-0.39, 0.29) is 0 Å². The zero-order valence-electron chi connectivity index (χ0n) is 9.02. The van der Waals surface area contributed by atoms with Gasteiger partial charge in [-0.1, -0.05) is 43.6 Å². The predicted octanol–water partition coefficient (Wildman–Crippen LogP) is 2.32. The van der Waals surface area contributed by atoms with E-state index >= 15 is 0 Å². The summed E-state index contributed by atoms with van der Waals surface area (Å²) in [6.45, 7) is 0. The molecular formula is C13H20Si. The van der Waals surface area contributed by atoms with Crippen molar-refractivity contribution in [2.75, 3.05) is 0 Å². The molecule has 0 aliphatic heterocycles. The lowest BCUT2D eigenvalue weighted by Crippen LogP contribution is -2.20. The van der Waals surface area contributed by atoms with Crippen molar-refractivity contribution in [2.24, 2.45) is 23.7 Å². The quantitative estimate of drug-likeness (QED) is 0.531. The Kier molecular flexibility index (Phi) is 2.16. The van der Waals surface area contributed by atoms with Gasteiger partial charge in [-0.3, -0.25) is 0 Å². The zero-order valence-corrected chi connectivity index (χ0v) is 11.0. The molecule has 5 unspecified atom stereocenters. The van der Waals surface area contributed by atoms with E-state index in [1.54, 1.807) is 0 Å². The van der Waals surface area contributed by atoms with Crippen LogP contribution in [-0.4, -0.2) is 10.2 Å². The number of allylic oxidation sites excluding steroid dienone is 4. The molecule has 1 heteroatoms. The first-order valence-corrected chi connectivity index (χ1v) is 7.38. The zero-order chi connectivity index (χ0) is 9.54. The van der Waals surface area contributed by atoms with Crippen LogP contribution in [0.25, 0.3) is 0 Å². The molecule has 0 N–H and O–H groups in total. The van der Waals surface area contributed by atoms with Crippen LogP contribution < -0.4 is 0 Å². The lowest BCUT2D eigenvalue weighted by Gasteiger charge is -2.29. The predicted molar refractivity (Wildman–Crippen MR) is 64.4 cm³/mol. The van der Waals surface area contributed by atoms with Gasteiger partial charge in [0.2, 0.25) is 0 Å². The van der Waals surface area contributed by atoms with Gasteiger partial charge in [0.05, 0.1) is 0 Å². The molecule has 2 fully saturated rings. The van der Waals surface area contributed by atoms with Crippen molar-refractivity contribution in [3.63, 3.8) is 0 Å². The first-order chi connectivity index (χ1) is 6.88. The van der Waals surface area contributed by atoms with Crippen molar-refractivity contribution < 1.29 is 0 Å². The molecule has 0 saturated heterocycles. The molecule has 0 amide bonds. The summed E-state index contributed by atoms with van der Waals surface area (Å²) in [5.74, 6) is 4.00. The second-order valence-corrected chi connectivity index (χ2v) is 6.73. The van der Waals surface area contributed by atoms with Crippen LogP contribution in [0.4, 0.5) is 0 Å². The molecule has 0 nitrogen and oxygen atoms in total. The van der Waals surface area contributed by atoms with Gasteiger partial charge < -0.3 is 0 Å². The highest BCUT2D eigenvalue weighted by atomic mass is 28.1. The van der Waals surface area contributed by atoms with E-state index in [9.17, 15) is 0 Å². The lowest BCUT2D eigenvalue weighted by molar-refractivity contribution is 0.248.